The van der Waals surface area contributed by atoms with Gasteiger partial charge in [0, 0.05) is 21.0 Å². The Morgan fingerprint density at radius 2 is 1.72 bits per heavy atom. The van der Waals surface area contributed by atoms with E-state index in [0.29, 0.717) is 21.3 Å². The van der Waals surface area contributed by atoms with E-state index < -0.39 is 17.1 Å². The number of halogens is 1. The number of carbonyl (C=O) groups is 3. The lowest BCUT2D eigenvalue weighted by Gasteiger charge is -2.30. The number of hydrogen-bond donors (Lipinski definition) is 1. The number of para-hydroxylation sites is 1. The van der Waals surface area contributed by atoms with Crippen LogP contribution in [0.25, 0.3) is 0 Å². The van der Waals surface area contributed by atoms with Gasteiger partial charge < -0.3 is 5.32 Å². The molecule has 10 heteroatoms. The second-order valence-corrected chi connectivity index (χ2v) is 12.5. The summed E-state index contributed by atoms with van der Waals surface area (Å²) in [5, 5.41) is 2.69. The van der Waals surface area contributed by atoms with E-state index in [1.54, 1.807) is 30.3 Å². The Labute approximate surface area is 241 Å². The van der Waals surface area contributed by atoms with Crippen LogP contribution < -0.4 is 15.1 Å². The summed E-state index contributed by atoms with van der Waals surface area (Å²) in [6.07, 6.45) is 0. The number of rotatable bonds is 5. The van der Waals surface area contributed by atoms with Crippen LogP contribution in [-0.4, -0.2) is 27.5 Å². The second-order valence-electron chi connectivity index (χ2n) is 9.49. The number of hydrogen-bond acceptors (Lipinski definition) is 6. The number of aryl methyl sites for hydroxylation is 1. The van der Waals surface area contributed by atoms with Crippen molar-refractivity contribution in [1.29, 1.82) is 0 Å². The molecular formula is C29H22BrN3O4S2. The fourth-order valence-electron chi connectivity index (χ4n) is 5.21. The molecule has 7 nitrogen and oxygen atoms in total. The van der Waals surface area contributed by atoms with Crippen molar-refractivity contribution in [3.05, 3.63) is 109 Å². The number of aromatic nitrogens is 1. The molecule has 1 fully saturated rings. The number of carbonyl (C=O) groups excluding carboxylic acids is 3. The number of anilines is 2. The van der Waals surface area contributed by atoms with E-state index in [9.17, 15) is 19.2 Å². The summed E-state index contributed by atoms with van der Waals surface area (Å²) in [5.74, 6) is -2.14. The monoisotopic (exact) mass is 619 g/mol. The Morgan fingerprint density at radius 3 is 2.46 bits per heavy atom. The molecule has 3 amide bonds. The Kier molecular flexibility index (Phi) is 6.78. The van der Waals surface area contributed by atoms with Gasteiger partial charge in [-0.25, -0.2) is 4.90 Å². The van der Waals surface area contributed by atoms with E-state index in [1.165, 1.54) is 21.2 Å². The van der Waals surface area contributed by atoms with Gasteiger partial charge in [-0.15, -0.1) is 0 Å². The molecule has 6 rings (SSSR count). The molecule has 0 radical (unpaired) electrons. The van der Waals surface area contributed by atoms with Gasteiger partial charge in [-0.3, -0.25) is 23.7 Å². The number of imide groups is 1. The van der Waals surface area contributed by atoms with Gasteiger partial charge in [-0.1, -0.05) is 81.5 Å². The van der Waals surface area contributed by atoms with E-state index in [-0.39, 0.29) is 29.1 Å². The standard InChI is InChI=1S/C29H22BrN3O4S2/c1-16-7-5-10-19(13-16)31-21(34)15-32-28-25(39-29(32)37)22(17-8-6-9-18(30)14-17)23-24(38-28)27(36)33(26(23)35)20-11-3-2-4-12-20/h2-14,22-24H,15H2,1H3,(H,31,34). The van der Waals surface area contributed by atoms with E-state index in [4.69, 9.17) is 0 Å². The van der Waals surface area contributed by atoms with Crippen molar-refractivity contribution < 1.29 is 14.4 Å². The first kappa shape index (κ1) is 25.8. The lowest BCUT2D eigenvalue weighted by atomic mass is 9.83. The van der Waals surface area contributed by atoms with Gasteiger partial charge in [0.05, 0.1) is 16.6 Å². The Balaban J connectivity index is 1.42. The molecule has 1 saturated heterocycles. The van der Waals surface area contributed by atoms with Crippen LogP contribution in [0.1, 0.15) is 21.9 Å². The molecule has 0 saturated carbocycles. The summed E-state index contributed by atoms with van der Waals surface area (Å²) in [6, 6.07) is 23.9. The minimum Gasteiger partial charge on any atom is -0.325 e. The van der Waals surface area contributed by atoms with E-state index in [0.717, 1.165) is 26.9 Å². The van der Waals surface area contributed by atoms with Crippen LogP contribution in [0.5, 0.6) is 0 Å². The van der Waals surface area contributed by atoms with Crippen LogP contribution in [0.4, 0.5) is 11.4 Å². The molecule has 0 bridgehead atoms. The molecule has 3 aromatic carbocycles. The molecule has 4 aromatic rings. The van der Waals surface area contributed by atoms with Gasteiger partial charge in [0.15, 0.2) is 0 Å². The van der Waals surface area contributed by atoms with Crippen molar-refractivity contribution in [3.63, 3.8) is 0 Å². The highest BCUT2D eigenvalue weighted by Gasteiger charge is 2.56. The predicted octanol–water partition coefficient (Wildman–Crippen LogP) is 5.42. The summed E-state index contributed by atoms with van der Waals surface area (Å²) < 4.78 is 2.26. The fraction of sp³-hybridized carbons (Fsp3) is 0.172. The number of amides is 3. The van der Waals surface area contributed by atoms with Crippen LogP contribution in [0.2, 0.25) is 0 Å². The van der Waals surface area contributed by atoms with Crippen LogP contribution in [-0.2, 0) is 20.9 Å². The highest BCUT2D eigenvalue weighted by atomic mass is 79.9. The van der Waals surface area contributed by atoms with Gasteiger partial charge in [-0.05, 0) is 54.4 Å². The van der Waals surface area contributed by atoms with Crippen molar-refractivity contribution in [2.45, 2.75) is 29.7 Å². The summed E-state index contributed by atoms with van der Waals surface area (Å²) in [4.78, 5) is 55.5. The molecule has 2 aliphatic heterocycles. The maximum Gasteiger partial charge on any atom is 0.308 e. The molecular weight excluding hydrogens is 598 g/mol. The SMILES string of the molecule is Cc1cccc(NC(=O)Cn2c3c(sc2=O)C(c2cccc(Br)c2)C2C(=O)N(c4ccccc4)C(=O)C2S3)c1. The highest BCUT2D eigenvalue weighted by Crippen LogP contribution is 2.54. The maximum atomic E-state index is 13.9. The fourth-order valence-corrected chi connectivity index (χ4v) is 8.40. The molecule has 0 spiro atoms. The molecule has 0 aliphatic carbocycles. The molecule has 2 aliphatic rings. The third-order valence-electron chi connectivity index (χ3n) is 6.87. The van der Waals surface area contributed by atoms with Crippen molar-refractivity contribution in [2.24, 2.45) is 5.92 Å². The van der Waals surface area contributed by atoms with Gasteiger partial charge in [0.25, 0.3) is 0 Å². The lowest BCUT2D eigenvalue weighted by Crippen LogP contribution is -2.33. The van der Waals surface area contributed by atoms with Gasteiger partial charge >= 0.3 is 4.87 Å². The first-order valence-electron chi connectivity index (χ1n) is 12.3. The Bertz CT molecular complexity index is 1680. The van der Waals surface area contributed by atoms with Gasteiger partial charge in [0.2, 0.25) is 17.7 Å². The van der Waals surface area contributed by atoms with Crippen molar-refractivity contribution in [3.8, 4) is 0 Å². The normalized spacial score (nSPS) is 20.1. The van der Waals surface area contributed by atoms with Crippen molar-refractivity contribution in [1.82, 2.24) is 4.57 Å². The summed E-state index contributed by atoms with van der Waals surface area (Å²) >= 11 is 5.77. The first-order chi connectivity index (χ1) is 18.8. The number of fused-ring (bicyclic) bond motifs is 2. The van der Waals surface area contributed by atoms with Crippen LogP contribution in [0.15, 0.2) is 93.2 Å². The molecule has 1 N–H and O–H groups in total. The minimum absolute atomic E-state index is 0.196. The van der Waals surface area contributed by atoms with E-state index in [2.05, 4.69) is 21.2 Å². The summed E-state index contributed by atoms with van der Waals surface area (Å²) in [7, 11) is 0. The van der Waals surface area contributed by atoms with E-state index >= 15 is 0 Å². The quantitative estimate of drug-likeness (QED) is 0.302. The minimum atomic E-state index is -0.728. The van der Waals surface area contributed by atoms with Crippen molar-refractivity contribution >= 4 is 68.1 Å². The van der Waals surface area contributed by atoms with Gasteiger partial charge in [0.1, 0.15) is 11.8 Å². The zero-order chi connectivity index (χ0) is 27.3. The highest BCUT2D eigenvalue weighted by molar-refractivity contribution is 9.10. The summed E-state index contributed by atoms with van der Waals surface area (Å²) in [6.45, 7) is 1.74. The van der Waals surface area contributed by atoms with Crippen LogP contribution >= 0.6 is 39.0 Å². The Hall–Kier alpha value is -3.47. The smallest absolute Gasteiger partial charge is 0.308 e. The third-order valence-corrected chi connectivity index (χ3v) is 9.97. The number of thiazole rings is 1. The predicted molar refractivity (Wildman–Crippen MR) is 156 cm³/mol. The average Bonchev–Trinajstić information content (AvgIpc) is 3.35. The molecule has 3 unspecified atom stereocenters. The van der Waals surface area contributed by atoms with Crippen LogP contribution in [0.3, 0.4) is 0 Å². The molecule has 1 aromatic heterocycles. The Morgan fingerprint density at radius 1 is 0.949 bits per heavy atom. The number of benzene rings is 3. The number of nitrogens with zero attached hydrogens (tertiary/aromatic N) is 2. The van der Waals surface area contributed by atoms with Crippen LogP contribution in [0, 0.1) is 12.8 Å². The molecule has 3 atom stereocenters. The largest absolute Gasteiger partial charge is 0.325 e. The van der Waals surface area contributed by atoms with Gasteiger partial charge in [-0.2, -0.15) is 0 Å². The lowest BCUT2D eigenvalue weighted by molar-refractivity contribution is -0.122. The maximum absolute atomic E-state index is 13.9. The summed E-state index contributed by atoms with van der Waals surface area (Å²) in [5.41, 5.74) is 3.00. The van der Waals surface area contributed by atoms with E-state index in [1.807, 2.05) is 55.5 Å². The topological polar surface area (TPSA) is 88.5 Å². The third kappa shape index (κ3) is 4.66. The zero-order valence-corrected chi connectivity index (χ0v) is 23.9. The average molecular weight is 621 g/mol. The number of thioether (sulfide) groups is 1. The number of nitrogens with one attached hydrogen (secondary N) is 1. The molecule has 196 valence electrons. The first-order valence-corrected chi connectivity index (χ1v) is 14.8. The van der Waals surface area contributed by atoms with Crippen molar-refractivity contribution in [2.75, 3.05) is 10.2 Å². The zero-order valence-electron chi connectivity index (χ0n) is 20.7. The molecule has 3 heterocycles. The molecule has 39 heavy (non-hydrogen) atoms. The second kappa shape index (κ2) is 10.3.